The molecule has 0 aromatic heterocycles. The first-order chi connectivity index (χ1) is 4.63. The molecule has 10 heavy (non-hydrogen) atoms. The monoisotopic (exact) mass is 143 g/mol. The van der Waals surface area contributed by atoms with Crippen LogP contribution >= 0.6 is 0 Å². The van der Waals surface area contributed by atoms with E-state index in [4.69, 9.17) is 5.11 Å². The van der Waals surface area contributed by atoms with Gasteiger partial charge in [-0.15, -0.1) is 0 Å². The molecule has 1 aliphatic heterocycles. The Bertz CT molecular complexity index is 145. The lowest BCUT2D eigenvalue weighted by Crippen LogP contribution is -2.36. The Morgan fingerprint density at radius 1 is 1.80 bits per heavy atom. The van der Waals surface area contributed by atoms with Crippen LogP contribution in [0.2, 0.25) is 0 Å². The Morgan fingerprint density at radius 2 is 2.40 bits per heavy atom. The van der Waals surface area contributed by atoms with E-state index in [2.05, 4.69) is 0 Å². The van der Waals surface area contributed by atoms with Crippen LogP contribution in [0.4, 0.5) is 0 Å². The van der Waals surface area contributed by atoms with Gasteiger partial charge in [0.1, 0.15) is 0 Å². The molecule has 2 atom stereocenters. The molecule has 1 rings (SSSR count). The molecule has 0 aromatic rings. The third-order valence-electron chi connectivity index (χ3n) is 2.10. The average molecular weight is 143 g/mol. The topological polar surface area (TPSA) is 40.5 Å². The van der Waals surface area contributed by atoms with Crippen molar-refractivity contribution in [3.8, 4) is 0 Å². The quantitative estimate of drug-likeness (QED) is 0.560. The summed E-state index contributed by atoms with van der Waals surface area (Å²) in [4.78, 5) is 12.5. The van der Waals surface area contributed by atoms with Crippen LogP contribution < -0.4 is 0 Å². The number of nitrogens with zero attached hydrogens (tertiary/aromatic N) is 1. The normalized spacial score (nSPS) is 29.3. The van der Waals surface area contributed by atoms with Gasteiger partial charge in [-0.3, -0.25) is 4.79 Å². The molecule has 0 aliphatic carbocycles. The first-order valence-corrected chi connectivity index (χ1v) is 3.56. The number of likely N-dealkylation sites (N-methyl/N-ethyl adjacent to an activating group) is 1. The van der Waals surface area contributed by atoms with Gasteiger partial charge < -0.3 is 10.0 Å². The zero-order valence-corrected chi connectivity index (χ0v) is 6.37. The Hall–Kier alpha value is -0.570. The van der Waals surface area contributed by atoms with Gasteiger partial charge in [0.25, 0.3) is 0 Å². The molecule has 0 unspecified atom stereocenters. The SMILES string of the molecule is C[C@@H](O)[C@H]1CCC(=O)N1C. The van der Waals surface area contributed by atoms with Crippen LogP contribution in [0.25, 0.3) is 0 Å². The summed E-state index contributed by atoms with van der Waals surface area (Å²) in [7, 11) is 1.74. The summed E-state index contributed by atoms with van der Waals surface area (Å²) >= 11 is 0. The number of aliphatic hydroxyl groups excluding tert-OH is 1. The maximum Gasteiger partial charge on any atom is 0.222 e. The lowest BCUT2D eigenvalue weighted by atomic mass is 10.1. The first-order valence-electron chi connectivity index (χ1n) is 3.56. The fourth-order valence-corrected chi connectivity index (χ4v) is 1.39. The summed E-state index contributed by atoms with van der Waals surface area (Å²) in [5.41, 5.74) is 0. The van der Waals surface area contributed by atoms with E-state index in [1.54, 1.807) is 18.9 Å². The smallest absolute Gasteiger partial charge is 0.222 e. The molecule has 0 spiro atoms. The maximum atomic E-state index is 10.9. The summed E-state index contributed by atoms with van der Waals surface area (Å²) in [6.45, 7) is 1.72. The second-order valence-corrected chi connectivity index (χ2v) is 2.85. The maximum absolute atomic E-state index is 10.9. The van der Waals surface area contributed by atoms with E-state index in [0.29, 0.717) is 6.42 Å². The van der Waals surface area contributed by atoms with Crippen molar-refractivity contribution in [2.45, 2.75) is 31.9 Å². The molecule has 0 saturated carbocycles. The van der Waals surface area contributed by atoms with Crippen LogP contribution in [0.1, 0.15) is 19.8 Å². The molecule has 3 heteroatoms. The summed E-state index contributed by atoms with van der Waals surface area (Å²) in [5, 5.41) is 9.15. The minimum absolute atomic E-state index is 0.0486. The highest BCUT2D eigenvalue weighted by atomic mass is 16.3. The number of hydrogen-bond acceptors (Lipinski definition) is 2. The Balaban J connectivity index is 2.57. The van der Waals surface area contributed by atoms with Gasteiger partial charge in [0, 0.05) is 13.5 Å². The Kier molecular flexibility index (Phi) is 1.94. The summed E-state index contributed by atoms with van der Waals surface area (Å²) < 4.78 is 0. The molecule has 1 aliphatic rings. The predicted molar refractivity (Wildman–Crippen MR) is 37.5 cm³/mol. The molecular weight excluding hydrogens is 130 g/mol. The van der Waals surface area contributed by atoms with Crippen LogP contribution in [0.3, 0.4) is 0 Å². The molecule has 3 nitrogen and oxygen atoms in total. The fraction of sp³-hybridized carbons (Fsp3) is 0.857. The minimum Gasteiger partial charge on any atom is -0.391 e. The largest absolute Gasteiger partial charge is 0.391 e. The Labute approximate surface area is 60.6 Å². The summed E-state index contributed by atoms with van der Waals surface area (Å²) in [6.07, 6.45) is 0.996. The lowest BCUT2D eigenvalue weighted by molar-refractivity contribution is -0.128. The lowest BCUT2D eigenvalue weighted by Gasteiger charge is -2.21. The number of amides is 1. The van der Waals surface area contributed by atoms with Crippen LogP contribution in [-0.2, 0) is 4.79 Å². The second-order valence-electron chi connectivity index (χ2n) is 2.85. The van der Waals surface area contributed by atoms with Crippen molar-refractivity contribution in [1.29, 1.82) is 0 Å². The fourth-order valence-electron chi connectivity index (χ4n) is 1.39. The molecule has 1 heterocycles. The van der Waals surface area contributed by atoms with Crippen molar-refractivity contribution < 1.29 is 9.90 Å². The molecule has 0 radical (unpaired) electrons. The second kappa shape index (κ2) is 2.58. The third kappa shape index (κ3) is 1.14. The van der Waals surface area contributed by atoms with E-state index < -0.39 is 6.10 Å². The molecule has 1 fully saturated rings. The van der Waals surface area contributed by atoms with Crippen LogP contribution in [0.15, 0.2) is 0 Å². The molecule has 58 valence electrons. The van der Waals surface area contributed by atoms with Gasteiger partial charge >= 0.3 is 0 Å². The van der Waals surface area contributed by atoms with E-state index in [-0.39, 0.29) is 11.9 Å². The first kappa shape index (κ1) is 7.54. The number of rotatable bonds is 1. The third-order valence-corrected chi connectivity index (χ3v) is 2.10. The van der Waals surface area contributed by atoms with Crippen LogP contribution in [0.5, 0.6) is 0 Å². The average Bonchev–Trinajstić information content (AvgIpc) is 2.14. The minimum atomic E-state index is -0.392. The van der Waals surface area contributed by atoms with Crippen molar-refractivity contribution >= 4 is 5.91 Å². The van der Waals surface area contributed by atoms with Gasteiger partial charge in [-0.05, 0) is 13.3 Å². The Morgan fingerprint density at radius 3 is 2.60 bits per heavy atom. The highest BCUT2D eigenvalue weighted by molar-refractivity contribution is 5.78. The molecular formula is C7H13NO2. The van der Waals surface area contributed by atoms with Crippen molar-refractivity contribution in [3.05, 3.63) is 0 Å². The highest BCUT2D eigenvalue weighted by Gasteiger charge is 2.30. The van der Waals surface area contributed by atoms with E-state index in [1.807, 2.05) is 0 Å². The molecule has 0 bridgehead atoms. The molecule has 1 N–H and O–H groups in total. The molecule has 1 saturated heterocycles. The number of carbonyl (C=O) groups excluding carboxylic acids is 1. The molecule has 1 amide bonds. The van der Waals surface area contributed by atoms with Gasteiger partial charge in [-0.1, -0.05) is 0 Å². The van der Waals surface area contributed by atoms with E-state index >= 15 is 0 Å². The van der Waals surface area contributed by atoms with Gasteiger partial charge in [0.2, 0.25) is 5.91 Å². The van der Waals surface area contributed by atoms with Crippen molar-refractivity contribution in [2.75, 3.05) is 7.05 Å². The zero-order chi connectivity index (χ0) is 7.72. The van der Waals surface area contributed by atoms with Crippen molar-refractivity contribution in [1.82, 2.24) is 4.90 Å². The zero-order valence-electron chi connectivity index (χ0n) is 6.37. The summed E-state index contributed by atoms with van der Waals surface area (Å²) in [5.74, 6) is 0.144. The van der Waals surface area contributed by atoms with Crippen molar-refractivity contribution in [3.63, 3.8) is 0 Å². The van der Waals surface area contributed by atoms with E-state index in [0.717, 1.165) is 6.42 Å². The van der Waals surface area contributed by atoms with Crippen LogP contribution in [0, 0.1) is 0 Å². The van der Waals surface area contributed by atoms with E-state index in [9.17, 15) is 4.79 Å². The van der Waals surface area contributed by atoms with Crippen LogP contribution in [-0.4, -0.2) is 35.1 Å². The van der Waals surface area contributed by atoms with Gasteiger partial charge in [0.15, 0.2) is 0 Å². The number of hydrogen-bond donors (Lipinski definition) is 1. The summed E-state index contributed by atoms with van der Waals surface area (Å²) in [6, 6.07) is 0.0486. The number of carbonyl (C=O) groups is 1. The van der Waals surface area contributed by atoms with Crippen molar-refractivity contribution in [2.24, 2.45) is 0 Å². The van der Waals surface area contributed by atoms with Gasteiger partial charge in [-0.2, -0.15) is 0 Å². The number of aliphatic hydroxyl groups is 1. The standard InChI is InChI=1S/C7H13NO2/c1-5(9)6-3-4-7(10)8(6)2/h5-6,9H,3-4H2,1-2H3/t5-,6-/m1/s1. The number of likely N-dealkylation sites (tertiary alicyclic amines) is 1. The predicted octanol–water partition coefficient (Wildman–Crippen LogP) is -0.0120. The van der Waals surface area contributed by atoms with Gasteiger partial charge in [-0.25, -0.2) is 0 Å². The van der Waals surface area contributed by atoms with Gasteiger partial charge in [0.05, 0.1) is 12.1 Å². The molecule has 0 aromatic carbocycles. The highest BCUT2D eigenvalue weighted by Crippen LogP contribution is 2.18. The van der Waals surface area contributed by atoms with E-state index in [1.165, 1.54) is 0 Å².